The van der Waals surface area contributed by atoms with Crippen LogP contribution in [-0.4, -0.2) is 10.9 Å². The van der Waals surface area contributed by atoms with Crippen molar-refractivity contribution in [2.24, 2.45) is 0 Å². The minimum absolute atomic E-state index is 0.278. The highest BCUT2D eigenvalue weighted by Gasteiger charge is 2.11. The molecule has 0 bridgehead atoms. The molecule has 0 aliphatic heterocycles. The second-order valence-corrected chi connectivity index (χ2v) is 4.26. The number of nitrogens with two attached hydrogens (primary N) is 1. The number of nitrogen functional groups attached to an aromatic ring is 1. The first-order chi connectivity index (χ1) is 8.58. The van der Waals surface area contributed by atoms with E-state index in [1.807, 2.05) is 6.92 Å². The Labute approximate surface area is 110 Å². The van der Waals surface area contributed by atoms with Crippen LogP contribution in [0.15, 0.2) is 36.5 Å². The van der Waals surface area contributed by atoms with E-state index in [4.69, 9.17) is 17.3 Å². The summed E-state index contributed by atoms with van der Waals surface area (Å²) < 4.78 is 0. The molecule has 2 rings (SSSR count). The summed E-state index contributed by atoms with van der Waals surface area (Å²) in [6.07, 6.45) is 1.67. The van der Waals surface area contributed by atoms with Crippen LogP contribution in [0.25, 0.3) is 0 Å². The molecule has 0 saturated carbocycles. The third-order valence-corrected chi connectivity index (χ3v) is 2.75. The SMILES string of the molecule is Cc1ncccc1NC(=O)c1ccc(Cl)cc1N. The molecule has 0 radical (unpaired) electrons. The maximum Gasteiger partial charge on any atom is 0.257 e. The molecule has 0 aliphatic carbocycles. The molecule has 1 amide bonds. The summed E-state index contributed by atoms with van der Waals surface area (Å²) in [5.74, 6) is -0.278. The third kappa shape index (κ3) is 2.60. The van der Waals surface area contributed by atoms with E-state index in [9.17, 15) is 4.79 Å². The van der Waals surface area contributed by atoms with Gasteiger partial charge in [-0.3, -0.25) is 9.78 Å². The van der Waals surface area contributed by atoms with Crippen molar-refractivity contribution in [2.75, 3.05) is 11.1 Å². The van der Waals surface area contributed by atoms with Crippen molar-refractivity contribution >= 4 is 28.9 Å². The molecule has 2 aromatic rings. The van der Waals surface area contributed by atoms with E-state index in [0.29, 0.717) is 22.0 Å². The smallest absolute Gasteiger partial charge is 0.257 e. The number of carbonyl (C=O) groups is 1. The lowest BCUT2D eigenvalue weighted by Gasteiger charge is -2.09. The Bertz CT molecular complexity index is 599. The molecule has 0 atom stereocenters. The van der Waals surface area contributed by atoms with E-state index in [2.05, 4.69) is 10.3 Å². The van der Waals surface area contributed by atoms with Crippen molar-refractivity contribution < 1.29 is 4.79 Å². The number of aryl methyl sites for hydroxylation is 1. The maximum absolute atomic E-state index is 12.0. The molecule has 3 N–H and O–H groups in total. The van der Waals surface area contributed by atoms with Gasteiger partial charge in [0.15, 0.2) is 0 Å². The van der Waals surface area contributed by atoms with Crippen molar-refractivity contribution in [1.82, 2.24) is 4.98 Å². The molecule has 1 heterocycles. The number of benzene rings is 1. The number of hydrogen-bond acceptors (Lipinski definition) is 3. The van der Waals surface area contributed by atoms with Crippen LogP contribution in [0.1, 0.15) is 16.1 Å². The summed E-state index contributed by atoms with van der Waals surface area (Å²) in [6, 6.07) is 8.31. The average molecular weight is 262 g/mol. The fourth-order valence-electron chi connectivity index (χ4n) is 1.55. The molecule has 0 saturated heterocycles. The summed E-state index contributed by atoms with van der Waals surface area (Å²) in [5.41, 5.74) is 7.91. The molecule has 0 spiro atoms. The number of pyridine rings is 1. The molecular formula is C13H12ClN3O. The van der Waals surface area contributed by atoms with Gasteiger partial charge in [0.2, 0.25) is 0 Å². The lowest BCUT2D eigenvalue weighted by atomic mass is 10.1. The van der Waals surface area contributed by atoms with Gasteiger partial charge in [-0.25, -0.2) is 0 Å². The zero-order valence-electron chi connectivity index (χ0n) is 9.77. The largest absolute Gasteiger partial charge is 0.398 e. The van der Waals surface area contributed by atoms with Crippen molar-refractivity contribution in [3.05, 3.63) is 52.8 Å². The van der Waals surface area contributed by atoms with Crippen LogP contribution in [0.3, 0.4) is 0 Å². The predicted molar refractivity (Wildman–Crippen MR) is 72.8 cm³/mol. The van der Waals surface area contributed by atoms with Crippen molar-refractivity contribution in [1.29, 1.82) is 0 Å². The lowest BCUT2D eigenvalue weighted by Crippen LogP contribution is -2.15. The Morgan fingerprint density at radius 2 is 2.17 bits per heavy atom. The molecule has 4 nitrogen and oxygen atoms in total. The quantitative estimate of drug-likeness (QED) is 0.817. The first-order valence-corrected chi connectivity index (χ1v) is 5.73. The van der Waals surface area contributed by atoms with Gasteiger partial charge in [0.05, 0.1) is 16.9 Å². The Kier molecular flexibility index (Phi) is 3.48. The van der Waals surface area contributed by atoms with Crippen LogP contribution < -0.4 is 11.1 Å². The van der Waals surface area contributed by atoms with Crippen molar-refractivity contribution in [3.8, 4) is 0 Å². The first kappa shape index (κ1) is 12.4. The molecule has 1 aromatic carbocycles. The number of carbonyl (C=O) groups excluding carboxylic acids is 1. The average Bonchev–Trinajstić information content (AvgIpc) is 2.32. The highest BCUT2D eigenvalue weighted by atomic mass is 35.5. The fraction of sp³-hybridized carbons (Fsp3) is 0.0769. The number of nitrogens with one attached hydrogen (secondary N) is 1. The van der Waals surface area contributed by atoms with E-state index in [0.717, 1.165) is 5.69 Å². The summed E-state index contributed by atoms with van der Waals surface area (Å²) >= 11 is 5.79. The number of amides is 1. The number of halogens is 1. The van der Waals surface area contributed by atoms with Gasteiger partial charge in [-0.05, 0) is 37.3 Å². The number of hydrogen-bond donors (Lipinski definition) is 2. The number of anilines is 2. The van der Waals surface area contributed by atoms with Gasteiger partial charge in [-0.15, -0.1) is 0 Å². The minimum atomic E-state index is -0.278. The van der Waals surface area contributed by atoms with Crippen molar-refractivity contribution in [2.45, 2.75) is 6.92 Å². The monoisotopic (exact) mass is 261 g/mol. The maximum atomic E-state index is 12.0. The molecule has 92 valence electrons. The van der Waals surface area contributed by atoms with Crippen LogP contribution in [-0.2, 0) is 0 Å². The van der Waals surface area contributed by atoms with Gasteiger partial charge in [0, 0.05) is 16.9 Å². The molecule has 0 unspecified atom stereocenters. The van der Waals surface area contributed by atoms with Crippen LogP contribution in [0.5, 0.6) is 0 Å². The molecule has 1 aromatic heterocycles. The van der Waals surface area contributed by atoms with Crippen LogP contribution in [0.4, 0.5) is 11.4 Å². The highest BCUT2D eigenvalue weighted by molar-refractivity contribution is 6.31. The molecule has 0 fully saturated rings. The summed E-state index contributed by atoms with van der Waals surface area (Å²) in [6.45, 7) is 1.82. The van der Waals surface area contributed by atoms with Gasteiger partial charge >= 0.3 is 0 Å². The van der Waals surface area contributed by atoms with Gasteiger partial charge < -0.3 is 11.1 Å². The third-order valence-electron chi connectivity index (χ3n) is 2.51. The molecular weight excluding hydrogens is 250 g/mol. The zero-order chi connectivity index (χ0) is 13.1. The van der Waals surface area contributed by atoms with E-state index >= 15 is 0 Å². The van der Waals surface area contributed by atoms with Crippen LogP contribution in [0, 0.1) is 6.92 Å². The van der Waals surface area contributed by atoms with Gasteiger partial charge in [-0.1, -0.05) is 11.6 Å². The van der Waals surface area contributed by atoms with E-state index in [1.54, 1.807) is 36.5 Å². The highest BCUT2D eigenvalue weighted by Crippen LogP contribution is 2.20. The van der Waals surface area contributed by atoms with Gasteiger partial charge in [0.1, 0.15) is 0 Å². The van der Waals surface area contributed by atoms with Crippen LogP contribution >= 0.6 is 11.6 Å². The fourth-order valence-corrected chi connectivity index (χ4v) is 1.73. The first-order valence-electron chi connectivity index (χ1n) is 5.36. The van der Waals surface area contributed by atoms with Gasteiger partial charge in [0.25, 0.3) is 5.91 Å². The predicted octanol–water partition coefficient (Wildman–Crippen LogP) is 2.88. The molecule has 18 heavy (non-hydrogen) atoms. The Morgan fingerprint density at radius 1 is 1.39 bits per heavy atom. The number of aromatic nitrogens is 1. The lowest BCUT2D eigenvalue weighted by molar-refractivity contribution is 0.102. The van der Waals surface area contributed by atoms with E-state index in [1.165, 1.54) is 0 Å². The van der Waals surface area contributed by atoms with Crippen LogP contribution in [0.2, 0.25) is 5.02 Å². The number of nitrogens with zero attached hydrogens (tertiary/aromatic N) is 1. The second-order valence-electron chi connectivity index (χ2n) is 3.82. The Morgan fingerprint density at radius 3 is 2.83 bits per heavy atom. The minimum Gasteiger partial charge on any atom is -0.398 e. The summed E-state index contributed by atoms with van der Waals surface area (Å²) in [5, 5.41) is 3.26. The Hall–Kier alpha value is -2.07. The van der Waals surface area contributed by atoms with Gasteiger partial charge in [-0.2, -0.15) is 0 Å². The topological polar surface area (TPSA) is 68.0 Å². The standard InChI is InChI=1S/C13H12ClN3O/c1-8-12(3-2-6-16-8)17-13(18)10-5-4-9(14)7-11(10)15/h2-7H,15H2,1H3,(H,17,18). The van der Waals surface area contributed by atoms with E-state index in [-0.39, 0.29) is 5.91 Å². The van der Waals surface area contributed by atoms with Crippen molar-refractivity contribution in [3.63, 3.8) is 0 Å². The molecule has 0 aliphatic rings. The summed E-state index contributed by atoms with van der Waals surface area (Å²) in [7, 11) is 0. The molecule has 5 heteroatoms. The summed E-state index contributed by atoms with van der Waals surface area (Å²) in [4.78, 5) is 16.1. The zero-order valence-corrected chi connectivity index (χ0v) is 10.5. The normalized spacial score (nSPS) is 10.1. The van der Waals surface area contributed by atoms with E-state index < -0.39 is 0 Å². The second kappa shape index (κ2) is 5.06. The Balaban J connectivity index is 2.25. The number of rotatable bonds is 2.